The second kappa shape index (κ2) is 8.12. The van der Waals surface area contributed by atoms with Crippen LogP contribution in [0.5, 0.6) is 11.5 Å². The maximum absolute atomic E-state index is 14.0. The van der Waals surface area contributed by atoms with E-state index < -0.39 is 5.82 Å². The van der Waals surface area contributed by atoms with E-state index >= 15 is 0 Å². The average molecular weight is 360 g/mol. The van der Waals surface area contributed by atoms with Crippen LogP contribution in [0.2, 0.25) is 0 Å². The lowest BCUT2D eigenvalue weighted by atomic mass is 10.1. The predicted molar refractivity (Wildman–Crippen MR) is 101 cm³/mol. The summed E-state index contributed by atoms with van der Waals surface area (Å²) in [5.74, 6) is 6.36. The highest BCUT2D eigenvalue weighted by atomic mass is 19.1. The molecule has 0 saturated carbocycles. The smallest absolute Gasteiger partial charge is 0.191 e. The molecule has 0 aliphatic rings. The van der Waals surface area contributed by atoms with Gasteiger partial charge in [0.05, 0.1) is 19.9 Å². The van der Waals surface area contributed by atoms with Crippen molar-refractivity contribution in [2.24, 2.45) is 0 Å². The molecule has 0 aliphatic heterocycles. The molecule has 5 heteroatoms. The van der Waals surface area contributed by atoms with Gasteiger partial charge in [0.15, 0.2) is 17.3 Å². The molecule has 2 aromatic carbocycles. The third-order valence-electron chi connectivity index (χ3n) is 3.90. The molecular formula is C22H17FN2O2. The fourth-order valence-corrected chi connectivity index (χ4v) is 2.57. The first-order valence-electron chi connectivity index (χ1n) is 8.36. The SMILES string of the molecule is CCOc1c(F)cn(-c2ccc(C#Cc3ccc(OC)cc3)cc2)c1C#N. The molecule has 0 spiro atoms. The van der Waals surface area contributed by atoms with Crippen molar-refractivity contribution in [2.75, 3.05) is 13.7 Å². The molecule has 0 amide bonds. The van der Waals surface area contributed by atoms with Crippen LogP contribution in [0.3, 0.4) is 0 Å². The zero-order valence-electron chi connectivity index (χ0n) is 15.0. The Morgan fingerprint density at radius 3 is 2.11 bits per heavy atom. The largest absolute Gasteiger partial charge is 0.497 e. The first-order chi connectivity index (χ1) is 13.2. The number of aromatic nitrogens is 1. The van der Waals surface area contributed by atoms with Crippen molar-refractivity contribution in [3.63, 3.8) is 0 Å². The predicted octanol–water partition coefficient (Wildman–Crippen LogP) is 4.30. The van der Waals surface area contributed by atoms with Crippen LogP contribution >= 0.6 is 0 Å². The molecule has 0 bridgehead atoms. The van der Waals surface area contributed by atoms with Gasteiger partial charge in [0, 0.05) is 16.8 Å². The summed E-state index contributed by atoms with van der Waals surface area (Å²) in [4.78, 5) is 0. The minimum Gasteiger partial charge on any atom is -0.497 e. The van der Waals surface area contributed by atoms with Gasteiger partial charge in [-0.25, -0.2) is 4.39 Å². The highest BCUT2D eigenvalue weighted by Gasteiger charge is 2.18. The monoisotopic (exact) mass is 360 g/mol. The Hall–Kier alpha value is -3.70. The van der Waals surface area contributed by atoms with Gasteiger partial charge in [0.2, 0.25) is 0 Å². The summed E-state index contributed by atoms with van der Waals surface area (Å²) in [5.41, 5.74) is 2.48. The Kier molecular flexibility index (Phi) is 5.44. The van der Waals surface area contributed by atoms with E-state index in [1.165, 1.54) is 10.8 Å². The van der Waals surface area contributed by atoms with Gasteiger partial charge in [-0.1, -0.05) is 11.8 Å². The Morgan fingerprint density at radius 2 is 1.59 bits per heavy atom. The summed E-state index contributed by atoms with van der Waals surface area (Å²) in [6, 6.07) is 16.7. The van der Waals surface area contributed by atoms with Crippen molar-refractivity contribution in [3.8, 4) is 35.1 Å². The lowest BCUT2D eigenvalue weighted by Crippen LogP contribution is -1.98. The number of benzene rings is 2. The van der Waals surface area contributed by atoms with E-state index in [1.807, 2.05) is 42.5 Å². The number of methoxy groups -OCH3 is 1. The summed E-state index contributed by atoms with van der Waals surface area (Å²) in [7, 11) is 1.62. The topological polar surface area (TPSA) is 47.2 Å². The van der Waals surface area contributed by atoms with Crippen LogP contribution in [-0.2, 0) is 0 Å². The Labute approximate surface area is 157 Å². The average Bonchev–Trinajstić information content (AvgIpc) is 3.03. The van der Waals surface area contributed by atoms with Crippen LogP contribution in [0.1, 0.15) is 23.7 Å². The van der Waals surface area contributed by atoms with Gasteiger partial charge in [0.1, 0.15) is 11.8 Å². The first-order valence-corrected chi connectivity index (χ1v) is 8.36. The van der Waals surface area contributed by atoms with Crippen LogP contribution in [0.25, 0.3) is 5.69 Å². The molecule has 3 aromatic rings. The number of hydrogen-bond donors (Lipinski definition) is 0. The van der Waals surface area contributed by atoms with E-state index in [0.29, 0.717) is 5.69 Å². The number of hydrogen-bond acceptors (Lipinski definition) is 3. The molecule has 134 valence electrons. The lowest BCUT2D eigenvalue weighted by Gasteiger charge is -2.05. The van der Waals surface area contributed by atoms with E-state index in [9.17, 15) is 9.65 Å². The molecule has 3 rings (SSSR count). The van der Waals surface area contributed by atoms with Gasteiger partial charge in [-0.3, -0.25) is 0 Å². The van der Waals surface area contributed by atoms with Crippen LogP contribution in [0.15, 0.2) is 54.7 Å². The number of nitrogens with zero attached hydrogens (tertiary/aromatic N) is 2. The summed E-state index contributed by atoms with van der Waals surface area (Å²) in [5, 5.41) is 9.35. The maximum Gasteiger partial charge on any atom is 0.191 e. The minimum absolute atomic E-state index is 0.0247. The Morgan fingerprint density at radius 1 is 1.00 bits per heavy atom. The van der Waals surface area contributed by atoms with Crippen LogP contribution in [-0.4, -0.2) is 18.3 Å². The standard InChI is InChI=1S/C22H17FN2O2/c1-3-27-22-20(23)15-25(21(22)14-24)18-10-6-16(7-11-18)4-5-17-8-12-19(26-2)13-9-17/h6-13,15H,3H2,1-2H3. The quantitative estimate of drug-likeness (QED) is 0.652. The number of nitriles is 1. The van der Waals surface area contributed by atoms with Crippen molar-refractivity contribution < 1.29 is 13.9 Å². The van der Waals surface area contributed by atoms with Gasteiger partial charge in [-0.2, -0.15) is 5.26 Å². The molecule has 4 nitrogen and oxygen atoms in total. The molecule has 1 aromatic heterocycles. The van der Waals surface area contributed by atoms with Crippen molar-refractivity contribution in [1.29, 1.82) is 5.26 Å². The fraction of sp³-hybridized carbons (Fsp3) is 0.136. The number of ether oxygens (including phenoxy) is 2. The van der Waals surface area contributed by atoms with Crippen molar-refractivity contribution in [3.05, 3.63) is 77.4 Å². The van der Waals surface area contributed by atoms with Crippen molar-refractivity contribution in [2.45, 2.75) is 6.92 Å². The van der Waals surface area contributed by atoms with E-state index in [0.717, 1.165) is 16.9 Å². The number of halogens is 1. The molecule has 0 atom stereocenters. The van der Waals surface area contributed by atoms with Gasteiger partial charge in [0.25, 0.3) is 0 Å². The third-order valence-corrected chi connectivity index (χ3v) is 3.90. The Bertz CT molecular complexity index is 1030. The summed E-state index contributed by atoms with van der Waals surface area (Å²) in [6.07, 6.45) is 1.25. The second-order valence-electron chi connectivity index (χ2n) is 5.59. The van der Waals surface area contributed by atoms with E-state index in [-0.39, 0.29) is 18.1 Å². The molecule has 0 radical (unpaired) electrons. The molecule has 0 aliphatic carbocycles. The van der Waals surface area contributed by atoms with E-state index in [4.69, 9.17) is 9.47 Å². The normalized spacial score (nSPS) is 9.85. The summed E-state index contributed by atoms with van der Waals surface area (Å²) >= 11 is 0. The maximum atomic E-state index is 14.0. The van der Waals surface area contributed by atoms with E-state index in [2.05, 4.69) is 11.8 Å². The first kappa shape index (κ1) is 18.1. The van der Waals surface area contributed by atoms with Crippen molar-refractivity contribution in [1.82, 2.24) is 4.57 Å². The van der Waals surface area contributed by atoms with Crippen LogP contribution in [0.4, 0.5) is 4.39 Å². The van der Waals surface area contributed by atoms with Crippen LogP contribution in [0, 0.1) is 29.0 Å². The highest BCUT2D eigenvalue weighted by molar-refractivity contribution is 5.51. The zero-order chi connectivity index (χ0) is 19.2. The zero-order valence-corrected chi connectivity index (χ0v) is 15.0. The molecule has 0 saturated heterocycles. The third kappa shape index (κ3) is 3.94. The van der Waals surface area contributed by atoms with Gasteiger partial charge in [-0.15, -0.1) is 0 Å². The summed E-state index contributed by atoms with van der Waals surface area (Å²) < 4.78 is 25.9. The number of rotatable bonds is 4. The molecule has 0 unspecified atom stereocenters. The molecule has 0 N–H and O–H groups in total. The van der Waals surface area contributed by atoms with E-state index in [1.54, 1.807) is 26.2 Å². The molecular weight excluding hydrogens is 343 g/mol. The van der Waals surface area contributed by atoms with Gasteiger partial charge in [-0.05, 0) is 55.5 Å². The molecule has 0 fully saturated rings. The van der Waals surface area contributed by atoms with Gasteiger partial charge >= 0.3 is 0 Å². The molecule has 27 heavy (non-hydrogen) atoms. The Balaban J connectivity index is 1.85. The van der Waals surface area contributed by atoms with Crippen LogP contribution < -0.4 is 9.47 Å². The molecule has 1 heterocycles. The van der Waals surface area contributed by atoms with Gasteiger partial charge < -0.3 is 14.0 Å². The summed E-state index contributed by atoms with van der Waals surface area (Å²) in [6.45, 7) is 2.03. The van der Waals surface area contributed by atoms with Crippen molar-refractivity contribution >= 4 is 0 Å². The minimum atomic E-state index is -0.559. The lowest BCUT2D eigenvalue weighted by molar-refractivity contribution is 0.322. The highest BCUT2D eigenvalue weighted by Crippen LogP contribution is 2.27. The fourth-order valence-electron chi connectivity index (χ4n) is 2.57. The second-order valence-corrected chi connectivity index (χ2v) is 5.59.